The molecule has 0 saturated carbocycles. The molecule has 1 aromatic heterocycles. The average Bonchev–Trinajstić information content (AvgIpc) is 2.80. The zero-order valence-electron chi connectivity index (χ0n) is 13.4. The number of aromatic nitrogens is 2. The average molecular weight is 287 g/mol. The number of aryl methyl sites for hydroxylation is 3. The van der Waals surface area contributed by atoms with E-state index >= 15 is 0 Å². The summed E-state index contributed by atoms with van der Waals surface area (Å²) >= 11 is 0. The van der Waals surface area contributed by atoms with Crippen molar-refractivity contribution in [3.63, 3.8) is 0 Å². The van der Waals surface area contributed by atoms with Crippen LogP contribution in [0.1, 0.15) is 35.0 Å². The summed E-state index contributed by atoms with van der Waals surface area (Å²) in [5.41, 5.74) is 3.41. The Kier molecular flexibility index (Phi) is 5.15. The molecule has 1 aromatic carbocycles. The lowest BCUT2D eigenvalue weighted by atomic mass is 10.0. The number of rotatable bonds is 6. The number of aliphatic hydroxyl groups excluding tert-OH is 1. The van der Waals surface area contributed by atoms with Gasteiger partial charge >= 0.3 is 0 Å². The quantitative estimate of drug-likeness (QED) is 0.888. The van der Waals surface area contributed by atoms with Gasteiger partial charge in [-0.3, -0.25) is 4.90 Å². The zero-order valence-corrected chi connectivity index (χ0v) is 13.4. The summed E-state index contributed by atoms with van der Waals surface area (Å²) in [6.07, 6.45) is 4.08. The fraction of sp³-hybridized carbons (Fsp3) is 0.471. The second-order valence-corrected chi connectivity index (χ2v) is 5.92. The van der Waals surface area contributed by atoms with E-state index in [-0.39, 0.29) is 0 Å². The molecule has 4 nitrogen and oxygen atoms in total. The summed E-state index contributed by atoms with van der Waals surface area (Å²) in [5.74, 6) is 1.04. The Bertz CT molecular complexity index is 571. The molecule has 0 fully saturated rings. The predicted octanol–water partition coefficient (Wildman–Crippen LogP) is 2.59. The molecule has 0 bridgehead atoms. The van der Waals surface area contributed by atoms with Crippen LogP contribution in [0.3, 0.4) is 0 Å². The lowest BCUT2D eigenvalue weighted by Crippen LogP contribution is -2.22. The van der Waals surface area contributed by atoms with E-state index in [1.807, 2.05) is 24.0 Å². The van der Waals surface area contributed by atoms with E-state index in [4.69, 9.17) is 0 Å². The van der Waals surface area contributed by atoms with Gasteiger partial charge in [0.2, 0.25) is 0 Å². The van der Waals surface area contributed by atoms with E-state index in [9.17, 15) is 5.11 Å². The van der Waals surface area contributed by atoms with Gasteiger partial charge in [-0.25, -0.2) is 4.98 Å². The molecule has 0 spiro atoms. The third-order valence-electron chi connectivity index (χ3n) is 3.75. The largest absolute Gasteiger partial charge is 0.388 e. The molecule has 1 N–H and O–H groups in total. The summed E-state index contributed by atoms with van der Waals surface area (Å²) in [5, 5.41) is 10.4. The highest BCUT2D eigenvalue weighted by Crippen LogP contribution is 2.20. The molecule has 2 aromatic rings. The van der Waals surface area contributed by atoms with Crippen LogP contribution in [-0.4, -0.2) is 33.1 Å². The van der Waals surface area contributed by atoms with Crippen molar-refractivity contribution in [3.8, 4) is 0 Å². The minimum absolute atomic E-state index is 0.410. The number of aliphatic hydroxyl groups is 1. The van der Waals surface area contributed by atoms with Gasteiger partial charge in [0.25, 0.3) is 0 Å². The van der Waals surface area contributed by atoms with Crippen LogP contribution in [0.2, 0.25) is 0 Å². The van der Waals surface area contributed by atoms with Crippen molar-refractivity contribution in [2.24, 2.45) is 7.05 Å². The monoisotopic (exact) mass is 287 g/mol. The first-order chi connectivity index (χ1) is 9.95. The first-order valence-corrected chi connectivity index (χ1v) is 7.36. The topological polar surface area (TPSA) is 41.3 Å². The molecule has 0 aliphatic heterocycles. The normalized spacial score (nSPS) is 12.9. The SMILES string of the molecule is Cc1cc(C)cc(C(O)CCN(C)Cc2nccn2C)c1. The highest BCUT2D eigenvalue weighted by atomic mass is 16.3. The van der Waals surface area contributed by atoms with Crippen molar-refractivity contribution in [1.82, 2.24) is 14.5 Å². The highest BCUT2D eigenvalue weighted by Gasteiger charge is 2.11. The van der Waals surface area contributed by atoms with E-state index in [2.05, 4.69) is 49.0 Å². The lowest BCUT2D eigenvalue weighted by molar-refractivity contribution is 0.146. The number of nitrogens with zero attached hydrogens (tertiary/aromatic N) is 3. The van der Waals surface area contributed by atoms with E-state index < -0.39 is 6.10 Å². The van der Waals surface area contributed by atoms with Crippen molar-refractivity contribution in [1.29, 1.82) is 0 Å². The Morgan fingerprint density at radius 3 is 2.48 bits per heavy atom. The van der Waals surface area contributed by atoms with E-state index in [1.165, 1.54) is 11.1 Å². The molecule has 114 valence electrons. The van der Waals surface area contributed by atoms with Gasteiger partial charge in [-0.1, -0.05) is 29.3 Å². The molecule has 2 rings (SSSR count). The van der Waals surface area contributed by atoms with Crippen LogP contribution in [0.4, 0.5) is 0 Å². The fourth-order valence-electron chi connectivity index (χ4n) is 2.58. The minimum atomic E-state index is -0.410. The molecule has 4 heteroatoms. The Balaban J connectivity index is 1.88. The molecular weight excluding hydrogens is 262 g/mol. The van der Waals surface area contributed by atoms with Crippen LogP contribution >= 0.6 is 0 Å². The molecule has 0 saturated heterocycles. The Hall–Kier alpha value is -1.65. The Labute approximate surface area is 127 Å². The summed E-state index contributed by atoms with van der Waals surface area (Å²) in [7, 11) is 4.06. The molecule has 1 heterocycles. The number of hydrogen-bond donors (Lipinski definition) is 1. The third-order valence-corrected chi connectivity index (χ3v) is 3.75. The molecule has 0 amide bonds. The first-order valence-electron chi connectivity index (χ1n) is 7.36. The van der Waals surface area contributed by atoms with E-state index in [0.717, 1.165) is 30.9 Å². The Morgan fingerprint density at radius 2 is 1.90 bits per heavy atom. The maximum atomic E-state index is 10.4. The van der Waals surface area contributed by atoms with Crippen molar-refractivity contribution in [2.45, 2.75) is 32.9 Å². The van der Waals surface area contributed by atoms with Gasteiger partial charge in [-0.15, -0.1) is 0 Å². The molecule has 0 aliphatic rings. The van der Waals surface area contributed by atoms with Crippen LogP contribution in [0.5, 0.6) is 0 Å². The number of hydrogen-bond acceptors (Lipinski definition) is 3. The standard InChI is InChI=1S/C17H25N3O/c1-13-9-14(2)11-15(10-13)16(21)5-7-19(3)12-17-18-6-8-20(17)4/h6,8-11,16,21H,5,7,12H2,1-4H3. The molecule has 1 atom stereocenters. The highest BCUT2D eigenvalue weighted by molar-refractivity contribution is 5.29. The van der Waals surface area contributed by atoms with Crippen LogP contribution in [-0.2, 0) is 13.6 Å². The Morgan fingerprint density at radius 1 is 1.24 bits per heavy atom. The maximum Gasteiger partial charge on any atom is 0.122 e. The van der Waals surface area contributed by atoms with Gasteiger partial charge < -0.3 is 9.67 Å². The smallest absolute Gasteiger partial charge is 0.122 e. The van der Waals surface area contributed by atoms with Crippen LogP contribution in [0, 0.1) is 13.8 Å². The van der Waals surface area contributed by atoms with Crippen molar-refractivity contribution >= 4 is 0 Å². The van der Waals surface area contributed by atoms with Gasteiger partial charge in [0.05, 0.1) is 12.6 Å². The summed E-state index contributed by atoms with van der Waals surface area (Å²) < 4.78 is 2.02. The van der Waals surface area contributed by atoms with Crippen LogP contribution in [0.15, 0.2) is 30.6 Å². The zero-order chi connectivity index (χ0) is 15.4. The summed E-state index contributed by atoms with van der Waals surface area (Å²) in [4.78, 5) is 6.51. The molecule has 0 radical (unpaired) electrons. The fourth-order valence-corrected chi connectivity index (χ4v) is 2.58. The second-order valence-electron chi connectivity index (χ2n) is 5.92. The number of imidazole rings is 1. The van der Waals surface area contributed by atoms with Crippen LogP contribution < -0.4 is 0 Å². The van der Waals surface area contributed by atoms with Crippen LogP contribution in [0.25, 0.3) is 0 Å². The third kappa shape index (κ3) is 4.41. The van der Waals surface area contributed by atoms with Gasteiger partial charge in [0.15, 0.2) is 0 Å². The van der Waals surface area contributed by atoms with Gasteiger partial charge in [-0.05, 0) is 32.9 Å². The van der Waals surface area contributed by atoms with Crippen molar-refractivity contribution < 1.29 is 5.11 Å². The second kappa shape index (κ2) is 6.87. The van der Waals surface area contributed by atoms with Gasteiger partial charge in [-0.2, -0.15) is 0 Å². The van der Waals surface area contributed by atoms with Crippen molar-refractivity contribution in [2.75, 3.05) is 13.6 Å². The molecule has 21 heavy (non-hydrogen) atoms. The van der Waals surface area contributed by atoms with Crippen molar-refractivity contribution in [3.05, 3.63) is 53.1 Å². The first kappa shape index (κ1) is 15.7. The lowest BCUT2D eigenvalue weighted by Gasteiger charge is -2.19. The molecular formula is C17H25N3O. The summed E-state index contributed by atoms with van der Waals surface area (Å²) in [6.45, 7) is 5.76. The molecule has 0 aliphatic carbocycles. The van der Waals surface area contributed by atoms with E-state index in [1.54, 1.807) is 0 Å². The minimum Gasteiger partial charge on any atom is -0.388 e. The number of benzene rings is 1. The van der Waals surface area contributed by atoms with Gasteiger partial charge in [0, 0.05) is 26.0 Å². The van der Waals surface area contributed by atoms with E-state index in [0.29, 0.717) is 0 Å². The molecule has 1 unspecified atom stereocenters. The summed E-state index contributed by atoms with van der Waals surface area (Å²) in [6, 6.07) is 6.26. The predicted molar refractivity (Wildman–Crippen MR) is 85.0 cm³/mol. The van der Waals surface area contributed by atoms with Gasteiger partial charge in [0.1, 0.15) is 5.82 Å². The maximum absolute atomic E-state index is 10.4.